The highest BCUT2D eigenvalue weighted by atomic mass is 16.2. The molecular formula is C42H50N10O5. The molecule has 0 radical (unpaired) electrons. The standard InChI is InChI=1S/C42H50N10O5/c43-17-7-15-34(39(45)54)50-41(56)36(20-26-23-47-32-13-5-2-10-29(26)32)52-42(57)37(21-27-24-48-33-14-6-3-11-30(27)33)51-40(55)35(49-38(53)16-8-18-44)19-25-22-46-31-12-4-1-9-28(25)31/h1-6,9-14,22-24,34-37,46-48H,7-8,15-21,43-44H2,(H2,45,54)(H,49,53)(H,50,56)(H,51,55)(H,52,57)/t34-,35-,36+,37+/m0/s1. The van der Waals surface area contributed by atoms with Gasteiger partial charge in [-0.3, -0.25) is 24.0 Å². The van der Waals surface area contributed by atoms with E-state index in [1.54, 1.807) is 18.6 Å². The molecule has 57 heavy (non-hydrogen) atoms. The number of H-pyrrole nitrogens is 3. The van der Waals surface area contributed by atoms with Crippen LogP contribution in [0.2, 0.25) is 0 Å². The zero-order chi connectivity index (χ0) is 40.3. The van der Waals surface area contributed by atoms with Crippen molar-refractivity contribution < 1.29 is 24.0 Å². The van der Waals surface area contributed by atoms with E-state index in [0.29, 0.717) is 25.9 Å². The van der Waals surface area contributed by atoms with E-state index in [-0.39, 0.29) is 38.0 Å². The molecule has 0 saturated carbocycles. The first kappa shape index (κ1) is 40.2. The van der Waals surface area contributed by atoms with Crippen molar-refractivity contribution in [2.75, 3.05) is 13.1 Å². The van der Waals surface area contributed by atoms with E-state index in [9.17, 15) is 24.0 Å². The van der Waals surface area contributed by atoms with E-state index in [1.165, 1.54) is 0 Å². The molecule has 6 rings (SSSR count). The van der Waals surface area contributed by atoms with Gasteiger partial charge in [0, 0.05) is 77.0 Å². The van der Waals surface area contributed by atoms with Crippen molar-refractivity contribution in [3.8, 4) is 0 Å². The Bertz CT molecular complexity index is 2340. The van der Waals surface area contributed by atoms with E-state index in [0.717, 1.165) is 49.4 Å². The summed E-state index contributed by atoms with van der Waals surface area (Å²) in [7, 11) is 0. The van der Waals surface area contributed by atoms with Gasteiger partial charge in [0.2, 0.25) is 29.5 Å². The Hall–Kier alpha value is -6.45. The summed E-state index contributed by atoms with van der Waals surface area (Å²) < 4.78 is 0. The minimum atomic E-state index is -1.20. The highest BCUT2D eigenvalue weighted by molar-refractivity contribution is 5.97. The molecule has 0 bridgehead atoms. The number of fused-ring (bicyclic) bond motifs is 3. The molecule has 0 fully saturated rings. The van der Waals surface area contributed by atoms with Crippen LogP contribution in [-0.2, 0) is 43.2 Å². The van der Waals surface area contributed by atoms with Crippen molar-refractivity contribution in [3.05, 3.63) is 108 Å². The van der Waals surface area contributed by atoms with E-state index in [1.807, 2.05) is 72.8 Å². The van der Waals surface area contributed by atoms with Crippen LogP contribution in [0.1, 0.15) is 42.4 Å². The van der Waals surface area contributed by atoms with Crippen LogP contribution in [0.25, 0.3) is 32.7 Å². The van der Waals surface area contributed by atoms with Crippen LogP contribution in [0.4, 0.5) is 0 Å². The third-order valence-electron chi connectivity index (χ3n) is 10.2. The van der Waals surface area contributed by atoms with Crippen molar-refractivity contribution in [3.63, 3.8) is 0 Å². The summed E-state index contributed by atoms with van der Waals surface area (Å²) in [5, 5.41) is 14.0. The van der Waals surface area contributed by atoms with Crippen LogP contribution in [0.5, 0.6) is 0 Å². The average molecular weight is 775 g/mol. The second-order valence-electron chi connectivity index (χ2n) is 14.2. The second-order valence-corrected chi connectivity index (χ2v) is 14.2. The van der Waals surface area contributed by atoms with Gasteiger partial charge < -0.3 is 53.4 Å². The fourth-order valence-electron chi connectivity index (χ4n) is 7.14. The lowest BCUT2D eigenvalue weighted by Crippen LogP contribution is -2.59. The topological polar surface area (TPSA) is 259 Å². The van der Waals surface area contributed by atoms with Gasteiger partial charge in [0.15, 0.2) is 0 Å². The minimum absolute atomic E-state index is 0.0460. The number of para-hydroxylation sites is 3. The Balaban J connectivity index is 1.32. The van der Waals surface area contributed by atoms with Gasteiger partial charge in [0.1, 0.15) is 24.2 Å². The molecule has 0 aliphatic carbocycles. The Morgan fingerprint density at radius 2 is 0.877 bits per heavy atom. The van der Waals surface area contributed by atoms with Crippen LogP contribution in [0.15, 0.2) is 91.4 Å². The number of carbonyl (C=O) groups excluding carboxylic acids is 5. The summed E-state index contributed by atoms with van der Waals surface area (Å²) in [5.74, 6) is -2.95. The monoisotopic (exact) mass is 774 g/mol. The predicted molar refractivity (Wildman–Crippen MR) is 220 cm³/mol. The maximum atomic E-state index is 14.6. The maximum Gasteiger partial charge on any atom is 0.243 e. The van der Waals surface area contributed by atoms with Crippen LogP contribution < -0.4 is 38.5 Å². The largest absolute Gasteiger partial charge is 0.368 e. The van der Waals surface area contributed by atoms with Gasteiger partial charge in [-0.15, -0.1) is 0 Å². The molecule has 3 heterocycles. The number of nitrogens with one attached hydrogen (secondary N) is 7. The molecule has 0 aliphatic heterocycles. The number of aromatic nitrogens is 3. The highest BCUT2D eigenvalue weighted by Gasteiger charge is 2.32. The Labute approximate surface area is 329 Å². The zero-order valence-corrected chi connectivity index (χ0v) is 31.6. The number of amides is 5. The molecule has 0 unspecified atom stereocenters. The molecule has 15 heteroatoms. The van der Waals surface area contributed by atoms with Gasteiger partial charge in [-0.2, -0.15) is 0 Å². The first-order chi connectivity index (χ1) is 27.6. The predicted octanol–water partition coefficient (Wildman–Crippen LogP) is 2.06. The van der Waals surface area contributed by atoms with Gasteiger partial charge in [-0.05, 0) is 67.2 Å². The van der Waals surface area contributed by atoms with Crippen LogP contribution in [0, 0.1) is 0 Å². The van der Waals surface area contributed by atoms with Gasteiger partial charge >= 0.3 is 0 Å². The molecule has 3 aromatic carbocycles. The fourth-order valence-corrected chi connectivity index (χ4v) is 7.14. The van der Waals surface area contributed by atoms with E-state index >= 15 is 0 Å². The number of rotatable bonds is 20. The van der Waals surface area contributed by atoms with Crippen LogP contribution in [-0.4, -0.2) is 81.7 Å². The summed E-state index contributed by atoms with van der Waals surface area (Å²) in [5.41, 5.74) is 21.9. The zero-order valence-electron chi connectivity index (χ0n) is 31.6. The van der Waals surface area contributed by atoms with E-state index in [2.05, 4.69) is 36.2 Å². The number of benzene rings is 3. The fraction of sp³-hybridized carbons (Fsp3) is 0.310. The van der Waals surface area contributed by atoms with Crippen molar-refractivity contribution in [1.29, 1.82) is 0 Å². The second kappa shape index (κ2) is 18.9. The summed E-state index contributed by atoms with van der Waals surface area (Å²) >= 11 is 0. The van der Waals surface area contributed by atoms with E-state index in [4.69, 9.17) is 17.2 Å². The summed E-state index contributed by atoms with van der Waals surface area (Å²) in [6.45, 7) is 0.596. The van der Waals surface area contributed by atoms with Gasteiger partial charge in [-0.1, -0.05) is 54.6 Å². The number of hydrogen-bond donors (Lipinski definition) is 10. The molecule has 3 aromatic heterocycles. The Morgan fingerprint density at radius 1 is 0.509 bits per heavy atom. The van der Waals surface area contributed by atoms with Crippen LogP contribution >= 0.6 is 0 Å². The van der Waals surface area contributed by atoms with Crippen molar-refractivity contribution in [2.24, 2.45) is 17.2 Å². The minimum Gasteiger partial charge on any atom is -0.368 e. The smallest absolute Gasteiger partial charge is 0.243 e. The van der Waals surface area contributed by atoms with Gasteiger partial charge in [0.25, 0.3) is 0 Å². The Kier molecular flexibility index (Phi) is 13.4. The van der Waals surface area contributed by atoms with Crippen molar-refractivity contribution in [1.82, 2.24) is 36.2 Å². The lowest BCUT2D eigenvalue weighted by molar-refractivity contribution is -0.134. The summed E-state index contributed by atoms with van der Waals surface area (Å²) in [4.78, 5) is 78.1. The average Bonchev–Trinajstić information content (AvgIpc) is 3.95. The number of carbonyl (C=O) groups is 5. The lowest BCUT2D eigenvalue weighted by Gasteiger charge is -2.26. The molecule has 13 N–H and O–H groups in total. The van der Waals surface area contributed by atoms with Gasteiger partial charge in [-0.25, -0.2) is 0 Å². The first-order valence-corrected chi connectivity index (χ1v) is 19.2. The van der Waals surface area contributed by atoms with Crippen molar-refractivity contribution >= 4 is 62.2 Å². The molecule has 5 amide bonds. The third-order valence-corrected chi connectivity index (χ3v) is 10.2. The quantitative estimate of drug-likeness (QED) is 0.0552. The lowest BCUT2D eigenvalue weighted by atomic mass is 10.00. The molecule has 0 aliphatic rings. The summed E-state index contributed by atoms with van der Waals surface area (Å²) in [6.07, 6.45) is 6.79. The molecule has 298 valence electrons. The molecular weight excluding hydrogens is 725 g/mol. The highest BCUT2D eigenvalue weighted by Crippen LogP contribution is 2.23. The molecule has 0 spiro atoms. The number of hydrogen-bond acceptors (Lipinski definition) is 7. The maximum absolute atomic E-state index is 14.6. The van der Waals surface area contributed by atoms with Gasteiger partial charge in [0.05, 0.1) is 0 Å². The molecule has 4 atom stereocenters. The third kappa shape index (κ3) is 10.1. The summed E-state index contributed by atoms with van der Waals surface area (Å²) in [6, 6.07) is 18.3. The molecule has 0 saturated heterocycles. The normalized spacial score (nSPS) is 13.5. The van der Waals surface area contributed by atoms with E-state index < -0.39 is 47.8 Å². The Morgan fingerprint density at radius 3 is 1.26 bits per heavy atom. The van der Waals surface area contributed by atoms with Crippen LogP contribution in [0.3, 0.4) is 0 Å². The SMILES string of the molecule is NCCCC(=O)N[C@@H](Cc1c[nH]c2ccccc12)C(=O)N[C@H](Cc1c[nH]c2ccccc12)C(=O)N[C@H](Cc1c[nH]c2ccccc12)C(=O)N[C@@H](CCCN)C(N)=O. The molecule has 6 aromatic rings. The first-order valence-electron chi connectivity index (χ1n) is 19.2. The number of nitrogens with two attached hydrogens (primary N) is 3. The number of aromatic amines is 3. The molecule has 15 nitrogen and oxygen atoms in total. The number of primary amides is 1. The van der Waals surface area contributed by atoms with Crippen molar-refractivity contribution in [2.45, 2.75) is 69.1 Å².